The van der Waals surface area contributed by atoms with Gasteiger partial charge in [0, 0.05) is 18.2 Å². The fraction of sp³-hybridized carbons (Fsp3) is 0.263. The van der Waals surface area contributed by atoms with E-state index in [1.165, 1.54) is 11.1 Å². The number of allylic oxidation sites excluding steroid dienone is 1. The number of benzene rings is 1. The Morgan fingerprint density at radius 1 is 1.35 bits per heavy atom. The molecule has 0 amide bonds. The van der Waals surface area contributed by atoms with Gasteiger partial charge in [0.05, 0.1) is 11.0 Å². The summed E-state index contributed by atoms with van der Waals surface area (Å²) in [5.41, 5.74) is 5.88. The van der Waals surface area contributed by atoms with Crippen LogP contribution in [0.25, 0.3) is 17.1 Å². The van der Waals surface area contributed by atoms with Crippen LogP contribution in [-0.4, -0.2) is 21.7 Å². The number of nitrogens with zero attached hydrogens (tertiary/aromatic N) is 2. The van der Waals surface area contributed by atoms with E-state index in [1.54, 1.807) is 0 Å². The second kappa shape index (κ2) is 6.65. The van der Waals surface area contributed by atoms with E-state index in [4.69, 9.17) is 0 Å². The lowest BCUT2D eigenvalue weighted by molar-refractivity contribution is 0.882. The van der Waals surface area contributed by atoms with Gasteiger partial charge in [-0.05, 0) is 50.2 Å². The van der Waals surface area contributed by atoms with Crippen molar-refractivity contribution in [2.24, 2.45) is 4.99 Å². The number of aryl methyl sites for hydroxylation is 2. The van der Waals surface area contributed by atoms with Gasteiger partial charge in [0.2, 0.25) is 0 Å². The first-order chi connectivity index (χ1) is 11.2. The van der Waals surface area contributed by atoms with Crippen LogP contribution in [-0.2, 0) is 12.8 Å². The monoisotopic (exact) mass is 306 g/mol. The molecular weight excluding hydrogens is 284 g/mol. The summed E-state index contributed by atoms with van der Waals surface area (Å²) in [5.74, 6) is 1.86. The standard InChI is InChI=1S/C19H22N4/c1-4-14-6-7-16-17(12-14)23-18(22-16)8-5-13(2)11-15-9-10-21-19(15)20-3/h6-7,9-12,21H,3-5,8H2,1-2H3,(H,22,23)/b13-11+. The van der Waals surface area contributed by atoms with Gasteiger partial charge in [-0.2, -0.15) is 0 Å². The summed E-state index contributed by atoms with van der Waals surface area (Å²) in [6.45, 7) is 7.88. The highest BCUT2D eigenvalue weighted by molar-refractivity contribution is 5.75. The quantitative estimate of drug-likeness (QED) is 0.630. The molecular formula is C19H22N4. The number of H-pyrrole nitrogens is 2. The van der Waals surface area contributed by atoms with Crippen LogP contribution in [0.15, 0.2) is 41.0 Å². The largest absolute Gasteiger partial charge is 0.346 e. The Balaban J connectivity index is 1.71. The number of hydrogen-bond donors (Lipinski definition) is 2. The molecule has 2 N–H and O–H groups in total. The van der Waals surface area contributed by atoms with Crippen LogP contribution < -0.4 is 0 Å². The van der Waals surface area contributed by atoms with Gasteiger partial charge in [-0.15, -0.1) is 0 Å². The topological polar surface area (TPSA) is 56.8 Å². The summed E-state index contributed by atoms with van der Waals surface area (Å²) >= 11 is 0. The van der Waals surface area contributed by atoms with Gasteiger partial charge in [-0.1, -0.05) is 24.6 Å². The molecule has 0 saturated carbocycles. The Labute approximate surface area is 136 Å². The molecule has 0 unspecified atom stereocenters. The third-order valence-electron chi connectivity index (χ3n) is 4.08. The molecule has 0 atom stereocenters. The summed E-state index contributed by atoms with van der Waals surface area (Å²) in [6.07, 6.45) is 6.94. The molecule has 0 radical (unpaired) electrons. The Kier molecular flexibility index (Phi) is 4.42. The summed E-state index contributed by atoms with van der Waals surface area (Å²) in [4.78, 5) is 15.2. The average molecular weight is 306 g/mol. The zero-order valence-corrected chi connectivity index (χ0v) is 13.7. The molecule has 3 aromatic rings. The zero-order valence-electron chi connectivity index (χ0n) is 13.7. The lowest BCUT2D eigenvalue weighted by Gasteiger charge is -2.00. The number of rotatable bonds is 6. The Bertz CT molecular complexity index is 851. The summed E-state index contributed by atoms with van der Waals surface area (Å²) < 4.78 is 0. The average Bonchev–Trinajstić information content (AvgIpc) is 3.17. The van der Waals surface area contributed by atoms with Gasteiger partial charge < -0.3 is 9.97 Å². The van der Waals surface area contributed by atoms with E-state index in [9.17, 15) is 0 Å². The number of nitrogens with one attached hydrogen (secondary N) is 2. The first-order valence-corrected chi connectivity index (χ1v) is 7.98. The van der Waals surface area contributed by atoms with E-state index in [-0.39, 0.29) is 0 Å². The van der Waals surface area contributed by atoms with E-state index in [0.717, 1.165) is 47.5 Å². The fourth-order valence-corrected chi connectivity index (χ4v) is 2.73. The van der Waals surface area contributed by atoms with Crippen molar-refractivity contribution >= 4 is 29.6 Å². The van der Waals surface area contributed by atoms with Gasteiger partial charge in [0.1, 0.15) is 11.6 Å². The molecule has 1 aromatic carbocycles. The first-order valence-electron chi connectivity index (χ1n) is 7.98. The summed E-state index contributed by atoms with van der Waals surface area (Å²) in [5, 5.41) is 0. The number of fused-ring (bicyclic) bond motifs is 1. The number of aromatic nitrogens is 3. The maximum atomic E-state index is 4.67. The van der Waals surface area contributed by atoms with E-state index in [1.807, 2.05) is 12.3 Å². The third kappa shape index (κ3) is 3.42. The zero-order chi connectivity index (χ0) is 16.2. The second-order valence-corrected chi connectivity index (χ2v) is 5.82. The maximum absolute atomic E-state index is 4.67. The molecule has 3 rings (SSSR count). The number of aliphatic imine (C=N–C) groups is 1. The minimum atomic E-state index is 0.820. The van der Waals surface area contributed by atoms with Gasteiger partial charge in [-0.25, -0.2) is 9.98 Å². The molecule has 0 spiro atoms. The maximum Gasteiger partial charge on any atom is 0.136 e. The Morgan fingerprint density at radius 2 is 2.22 bits per heavy atom. The molecule has 118 valence electrons. The van der Waals surface area contributed by atoms with Crippen LogP contribution >= 0.6 is 0 Å². The lowest BCUT2D eigenvalue weighted by Crippen LogP contribution is -1.89. The van der Waals surface area contributed by atoms with Crippen LogP contribution in [0.4, 0.5) is 5.82 Å². The predicted molar refractivity (Wildman–Crippen MR) is 97.4 cm³/mol. The normalized spacial score (nSPS) is 12.0. The van der Waals surface area contributed by atoms with Crippen LogP contribution in [0, 0.1) is 0 Å². The Morgan fingerprint density at radius 3 is 3.00 bits per heavy atom. The molecule has 0 fully saturated rings. The van der Waals surface area contributed by atoms with Crippen molar-refractivity contribution in [2.75, 3.05) is 0 Å². The first kappa shape index (κ1) is 15.3. The van der Waals surface area contributed by atoms with Gasteiger partial charge in [0.25, 0.3) is 0 Å². The highest BCUT2D eigenvalue weighted by Crippen LogP contribution is 2.21. The van der Waals surface area contributed by atoms with Crippen LogP contribution in [0.3, 0.4) is 0 Å². The van der Waals surface area contributed by atoms with E-state index < -0.39 is 0 Å². The van der Waals surface area contributed by atoms with Gasteiger partial charge >= 0.3 is 0 Å². The Hall–Kier alpha value is -2.62. The lowest BCUT2D eigenvalue weighted by atomic mass is 10.1. The number of hydrogen-bond acceptors (Lipinski definition) is 2. The highest BCUT2D eigenvalue weighted by Gasteiger charge is 2.05. The van der Waals surface area contributed by atoms with Crippen LogP contribution in [0.5, 0.6) is 0 Å². The second-order valence-electron chi connectivity index (χ2n) is 5.82. The number of imidazole rings is 1. The van der Waals surface area contributed by atoms with Crippen molar-refractivity contribution < 1.29 is 0 Å². The molecule has 4 heteroatoms. The predicted octanol–water partition coefficient (Wildman–Crippen LogP) is 4.82. The fourth-order valence-electron chi connectivity index (χ4n) is 2.73. The molecule has 0 bridgehead atoms. The van der Waals surface area contributed by atoms with Crippen molar-refractivity contribution in [3.05, 3.63) is 53.0 Å². The highest BCUT2D eigenvalue weighted by atomic mass is 14.9. The van der Waals surface area contributed by atoms with Crippen molar-refractivity contribution in [1.29, 1.82) is 0 Å². The molecule has 0 aliphatic carbocycles. The van der Waals surface area contributed by atoms with E-state index in [2.05, 4.69) is 64.8 Å². The van der Waals surface area contributed by atoms with Gasteiger partial charge in [-0.3, -0.25) is 0 Å². The van der Waals surface area contributed by atoms with Crippen molar-refractivity contribution in [3.63, 3.8) is 0 Å². The van der Waals surface area contributed by atoms with E-state index in [0.29, 0.717) is 0 Å². The minimum Gasteiger partial charge on any atom is -0.346 e. The molecule has 2 heterocycles. The molecule has 0 saturated heterocycles. The van der Waals surface area contributed by atoms with Crippen molar-refractivity contribution in [2.45, 2.75) is 33.1 Å². The molecule has 2 aromatic heterocycles. The van der Waals surface area contributed by atoms with Crippen molar-refractivity contribution in [3.8, 4) is 0 Å². The smallest absolute Gasteiger partial charge is 0.136 e. The summed E-state index contributed by atoms with van der Waals surface area (Å²) in [6, 6.07) is 8.45. The van der Waals surface area contributed by atoms with Crippen molar-refractivity contribution in [1.82, 2.24) is 15.0 Å². The molecule has 4 nitrogen and oxygen atoms in total. The van der Waals surface area contributed by atoms with Gasteiger partial charge in [0.15, 0.2) is 0 Å². The SMILES string of the molecule is C=Nc1[nH]ccc1/C=C(\C)CCc1nc2ccc(CC)cc2[nH]1. The molecule has 0 aliphatic heterocycles. The molecule has 0 aliphatic rings. The number of aromatic amines is 2. The van der Waals surface area contributed by atoms with E-state index >= 15 is 0 Å². The molecule has 23 heavy (non-hydrogen) atoms. The van der Waals surface area contributed by atoms with Crippen LogP contribution in [0.2, 0.25) is 0 Å². The third-order valence-corrected chi connectivity index (χ3v) is 4.08. The minimum absolute atomic E-state index is 0.820. The summed E-state index contributed by atoms with van der Waals surface area (Å²) in [7, 11) is 0. The van der Waals surface area contributed by atoms with Crippen LogP contribution in [0.1, 0.15) is 37.2 Å².